The highest BCUT2D eigenvalue weighted by atomic mass is 16.4. The van der Waals surface area contributed by atoms with Crippen LogP contribution in [-0.2, 0) is 13.0 Å². The van der Waals surface area contributed by atoms with Gasteiger partial charge in [-0.15, -0.1) is 0 Å². The lowest BCUT2D eigenvalue weighted by molar-refractivity contribution is 0.0697. The molecule has 0 aliphatic heterocycles. The van der Waals surface area contributed by atoms with Crippen LogP contribution >= 0.6 is 0 Å². The molecular formula is C14H16N2O2. The third-order valence-electron chi connectivity index (χ3n) is 2.94. The number of carbonyl (C=O) groups is 1. The van der Waals surface area contributed by atoms with Gasteiger partial charge in [-0.25, -0.2) is 9.78 Å². The summed E-state index contributed by atoms with van der Waals surface area (Å²) in [6.45, 7) is 4.82. The van der Waals surface area contributed by atoms with Crippen LogP contribution in [0.1, 0.15) is 27.4 Å². The van der Waals surface area contributed by atoms with Gasteiger partial charge in [-0.3, -0.25) is 0 Å². The van der Waals surface area contributed by atoms with Gasteiger partial charge in [-0.1, -0.05) is 12.1 Å². The Labute approximate surface area is 106 Å². The van der Waals surface area contributed by atoms with E-state index in [4.69, 9.17) is 5.11 Å². The highest BCUT2D eigenvalue weighted by Crippen LogP contribution is 2.08. The molecule has 0 saturated heterocycles. The molecular weight excluding hydrogens is 228 g/mol. The third-order valence-corrected chi connectivity index (χ3v) is 2.94. The SMILES string of the molecule is Cc1cn(CCc2ccc(C(=O)O)cc2)c(C)n1. The number of benzene rings is 1. The summed E-state index contributed by atoms with van der Waals surface area (Å²) in [6.07, 6.45) is 2.90. The summed E-state index contributed by atoms with van der Waals surface area (Å²) in [7, 11) is 0. The fraction of sp³-hybridized carbons (Fsp3) is 0.286. The molecule has 94 valence electrons. The van der Waals surface area contributed by atoms with Crippen LogP contribution in [0.2, 0.25) is 0 Å². The molecule has 1 aromatic carbocycles. The lowest BCUT2D eigenvalue weighted by atomic mass is 10.1. The Hall–Kier alpha value is -2.10. The summed E-state index contributed by atoms with van der Waals surface area (Å²) in [5.74, 6) is 0.122. The maximum atomic E-state index is 10.7. The third kappa shape index (κ3) is 2.77. The number of aromatic nitrogens is 2. The second-order valence-corrected chi connectivity index (χ2v) is 4.37. The standard InChI is InChI=1S/C14H16N2O2/c1-10-9-16(11(2)15-10)8-7-12-3-5-13(6-4-12)14(17)18/h3-6,9H,7-8H2,1-2H3,(H,17,18). The van der Waals surface area contributed by atoms with E-state index in [9.17, 15) is 4.79 Å². The smallest absolute Gasteiger partial charge is 0.335 e. The van der Waals surface area contributed by atoms with Gasteiger partial charge >= 0.3 is 5.97 Å². The van der Waals surface area contributed by atoms with E-state index in [-0.39, 0.29) is 0 Å². The van der Waals surface area contributed by atoms with Gasteiger partial charge in [0.2, 0.25) is 0 Å². The molecule has 4 nitrogen and oxygen atoms in total. The number of carboxylic acid groups (broad SMARTS) is 1. The molecule has 0 fully saturated rings. The predicted octanol–water partition coefficient (Wildman–Crippen LogP) is 2.44. The topological polar surface area (TPSA) is 55.1 Å². The van der Waals surface area contributed by atoms with Crippen molar-refractivity contribution < 1.29 is 9.90 Å². The number of hydrogen-bond acceptors (Lipinski definition) is 2. The number of hydrogen-bond donors (Lipinski definition) is 1. The molecule has 0 aliphatic rings. The molecule has 0 unspecified atom stereocenters. The maximum absolute atomic E-state index is 10.7. The first-order valence-corrected chi connectivity index (χ1v) is 5.89. The Morgan fingerprint density at radius 3 is 2.44 bits per heavy atom. The molecule has 1 aromatic heterocycles. The summed E-state index contributed by atoms with van der Waals surface area (Å²) in [4.78, 5) is 15.1. The quantitative estimate of drug-likeness (QED) is 0.898. The molecule has 0 aliphatic carbocycles. The highest BCUT2D eigenvalue weighted by Gasteiger charge is 2.03. The Kier molecular flexibility index (Phi) is 3.46. The van der Waals surface area contributed by atoms with Gasteiger partial charge in [0.15, 0.2) is 0 Å². The summed E-state index contributed by atoms with van der Waals surface area (Å²) in [5.41, 5.74) is 2.48. The van der Waals surface area contributed by atoms with Gasteiger partial charge < -0.3 is 9.67 Å². The number of aromatic carboxylic acids is 1. The normalized spacial score (nSPS) is 10.6. The molecule has 0 amide bonds. The summed E-state index contributed by atoms with van der Waals surface area (Å²) in [5, 5.41) is 8.81. The number of aryl methyl sites for hydroxylation is 4. The zero-order valence-electron chi connectivity index (χ0n) is 10.6. The van der Waals surface area contributed by atoms with Crippen molar-refractivity contribution in [3.8, 4) is 0 Å². The summed E-state index contributed by atoms with van der Waals surface area (Å²) < 4.78 is 2.11. The first kappa shape index (κ1) is 12.4. The molecule has 0 radical (unpaired) electrons. The van der Waals surface area contributed by atoms with Gasteiger partial charge in [0.05, 0.1) is 11.3 Å². The molecule has 0 spiro atoms. The summed E-state index contributed by atoms with van der Waals surface area (Å²) in [6, 6.07) is 7.01. The zero-order chi connectivity index (χ0) is 13.1. The minimum atomic E-state index is -0.886. The minimum absolute atomic E-state index is 0.327. The molecule has 2 rings (SSSR count). The monoisotopic (exact) mass is 244 g/mol. The molecule has 0 atom stereocenters. The summed E-state index contributed by atoms with van der Waals surface area (Å²) >= 11 is 0. The second kappa shape index (κ2) is 5.04. The van der Waals surface area contributed by atoms with Gasteiger partial charge in [-0.05, 0) is 38.0 Å². The van der Waals surface area contributed by atoms with Gasteiger partial charge in [0.25, 0.3) is 0 Å². The largest absolute Gasteiger partial charge is 0.478 e. The number of nitrogens with zero attached hydrogens (tertiary/aromatic N) is 2. The molecule has 18 heavy (non-hydrogen) atoms. The number of imidazole rings is 1. The van der Waals surface area contributed by atoms with Crippen LogP contribution in [0.5, 0.6) is 0 Å². The number of rotatable bonds is 4. The minimum Gasteiger partial charge on any atom is -0.478 e. The predicted molar refractivity (Wildman–Crippen MR) is 68.8 cm³/mol. The van der Waals surface area contributed by atoms with E-state index in [0.29, 0.717) is 5.56 Å². The van der Waals surface area contributed by atoms with E-state index in [2.05, 4.69) is 9.55 Å². The van der Waals surface area contributed by atoms with E-state index in [1.807, 2.05) is 32.2 Å². The van der Waals surface area contributed by atoms with Crippen LogP contribution in [-0.4, -0.2) is 20.6 Å². The molecule has 0 saturated carbocycles. The molecule has 4 heteroatoms. The van der Waals surface area contributed by atoms with Crippen LogP contribution in [0.4, 0.5) is 0 Å². The Morgan fingerprint density at radius 2 is 1.94 bits per heavy atom. The van der Waals surface area contributed by atoms with Gasteiger partial charge in [-0.2, -0.15) is 0 Å². The zero-order valence-corrected chi connectivity index (χ0v) is 10.6. The molecule has 1 heterocycles. The fourth-order valence-corrected chi connectivity index (χ4v) is 1.96. The van der Waals surface area contributed by atoms with Gasteiger partial charge in [0, 0.05) is 12.7 Å². The van der Waals surface area contributed by atoms with Crippen LogP contribution < -0.4 is 0 Å². The van der Waals surface area contributed by atoms with E-state index in [1.165, 1.54) is 0 Å². The van der Waals surface area contributed by atoms with Crippen molar-refractivity contribution in [2.45, 2.75) is 26.8 Å². The molecule has 0 bridgehead atoms. The lowest BCUT2D eigenvalue weighted by Gasteiger charge is -2.05. The van der Waals surface area contributed by atoms with E-state index in [1.54, 1.807) is 12.1 Å². The molecule has 1 N–H and O–H groups in total. The van der Waals surface area contributed by atoms with Crippen LogP contribution in [0.3, 0.4) is 0 Å². The van der Waals surface area contributed by atoms with Crippen LogP contribution in [0.25, 0.3) is 0 Å². The Morgan fingerprint density at radius 1 is 1.28 bits per heavy atom. The highest BCUT2D eigenvalue weighted by molar-refractivity contribution is 5.87. The Bertz CT molecular complexity index is 556. The first-order chi connectivity index (χ1) is 8.56. The van der Waals surface area contributed by atoms with Crippen LogP contribution in [0.15, 0.2) is 30.5 Å². The van der Waals surface area contributed by atoms with E-state index in [0.717, 1.165) is 30.0 Å². The fourth-order valence-electron chi connectivity index (χ4n) is 1.96. The van der Waals surface area contributed by atoms with Crippen LogP contribution in [0, 0.1) is 13.8 Å². The van der Waals surface area contributed by atoms with Crippen molar-refractivity contribution >= 4 is 5.97 Å². The first-order valence-electron chi connectivity index (χ1n) is 5.89. The van der Waals surface area contributed by atoms with Crippen molar-refractivity contribution in [3.05, 3.63) is 53.1 Å². The van der Waals surface area contributed by atoms with Crippen molar-refractivity contribution in [2.75, 3.05) is 0 Å². The second-order valence-electron chi connectivity index (χ2n) is 4.37. The maximum Gasteiger partial charge on any atom is 0.335 e. The van der Waals surface area contributed by atoms with Crippen molar-refractivity contribution in [1.82, 2.24) is 9.55 Å². The number of carboxylic acids is 1. The Balaban J connectivity index is 2.02. The lowest BCUT2D eigenvalue weighted by Crippen LogP contribution is -2.03. The van der Waals surface area contributed by atoms with Crippen molar-refractivity contribution in [2.24, 2.45) is 0 Å². The average molecular weight is 244 g/mol. The van der Waals surface area contributed by atoms with E-state index >= 15 is 0 Å². The van der Waals surface area contributed by atoms with Crippen molar-refractivity contribution in [1.29, 1.82) is 0 Å². The van der Waals surface area contributed by atoms with E-state index < -0.39 is 5.97 Å². The van der Waals surface area contributed by atoms with Gasteiger partial charge in [0.1, 0.15) is 5.82 Å². The molecule has 2 aromatic rings. The average Bonchev–Trinajstić information content (AvgIpc) is 2.66. The van der Waals surface area contributed by atoms with Crippen molar-refractivity contribution in [3.63, 3.8) is 0 Å².